The summed E-state index contributed by atoms with van der Waals surface area (Å²) in [6, 6.07) is 9.82. The molecule has 1 atom stereocenters. The number of hydrogen-bond donors (Lipinski definition) is 2. The SMILES string of the molecule is CCOc1ccc(S(=O)(=O)N[C@H](C)C(=O)Nc2ccc3sc(C(=O)OC)cc3c2)cc1Cl. The zero-order valence-corrected chi connectivity index (χ0v) is 19.9. The lowest BCUT2D eigenvalue weighted by Gasteiger charge is -2.15. The van der Waals surface area contributed by atoms with Crippen molar-refractivity contribution in [3.63, 3.8) is 0 Å². The monoisotopic (exact) mass is 496 g/mol. The standard InChI is InChI=1S/C21H21ClN2O6S2/c1-4-30-17-7-6-15(11-16(17)22)32(27,28)24-12(2)20(25)23-14-5-8-18-13(9-14)10-19(31-18)21(26)29-3/h5-12,24H,4H2,1-3H3,(H,23,25)/t12-/m1/s1. The second-order valence-electron chi connectivity index (χ2n) is 6.71. The van der Waals surface area contributed by atoms with Gasteiger partial charge in [0.2, 0.25) is 15.9 Å². The molecule has 2 N–H and O–H groups in total. The summed E-state index contributed by atoms with van der Waals surface area (Å²) in [6.07, 6.45) is 0. The Morgan fingerprint density at radius 1 is 1.16 bits per heavy atom. The highest BCUT2D eigenvalue weighted by Crippen LogP contribution is 2.29. The molecule has 32 heavy (non-hydrogen) atoms. The molecule has 0 radical (unpaired) electrons. The quantitative estimate of drug-likeness (QED) is 0.455. The van der Waals surface area contributed by atoms with Gasteiger partial charge in [0, 0.05) is 10.4 Å². The summed E-state index contributed by atoms with van der Waals surface area (Å²) in [7, 11) is -2.69. The van der Waals surface area contributed by atoms with Crippen LogP contribution < -0.4 is 14.8 Å². The van der Waals surface area contributed by atoms with E-state index in [1.165, 1.54) is 43.6 Å². The molecule has 0 saturated carbocycles. The molecule has 0 bridgehead atoms. The first-order valence-electron chi connectivity index (χ1n) is 9.52. The summed E-state index contributed by atoms with van der Waals surface area (Å²) >= 11 is 7.35. The molecule has 0 saturated heterocycles. The third-order valence-corrected chi connectivity index (χ3v) is 7.34. The molecule has 1 amide bonds. The highest BCUT2D eigenvalue weighted by Gasteiger charge is 2.23. The Kier molecular flexibility index (Phi) is 7.40. The average molecular weight is 497 g/mol. The summed E-state index contributed by atoms with van der Waals surface area (Å²) in [4.78, 5) is 24.6. The average Bonchev–Trinajstić information content (AvgIpc) is 3.17. The number of hydrogen-bond acceptors (Lipinski definition) is 7. The van der Waals surface area contributed by atoms with Gasteiger partial charge in [-0.1, -0.05) is 11.6 Å². The van der Waals surface area contributed by atoms with Crippen LogP contribution in [0.5, 0.6) is 5.75 Å². The minimum Gasteiger partial charge on any atom is -0.492 e. The van der Waals surface area contributed by atoms with E-state index in [1.807, 2.05) is 0 Å². The normalized spacial score (nSPS) is 12.4. The summed E-state index contributed by atoms with van der Waals surface area (Å²) in [5.74, 6) is -0.610. The molecule has 0 aliphatic heterocycles. The lowest BCUT2D eigenvalue weighted by molar-refractivity contribution is -0.117. The molecule has 0 unspecified atom stereocenters. The number of ether oxygens (including phenoxy) is 2. The molecule has 0 fully saturated rings. The van der Waals surface area contributed by atoms with Gasteiger partial charge in [0.25, 0.3) is 0 Å². The Balaban J connectivity index is 1.71. The number of fused-ring (bicyclic) bond motifs is 1. The highest BCUT2D eigenvalue weighted by molar-refractivity contribution is 7.89. The van der Waals surface area contributed by atoms with Crippen molar-refractivity contribution in [2.75, 3.05) is 19.0 Å². The van der Waals surface area contributed by atoms with Crippen LogP contribution in [0, 0.1) is 0 Å². The van der Waals surface area contributed by atoms with Crippen molar-refractivity contribution in [2.24, 2.45) is 0 Å². The number of rotatable bonds is 8. The van der Waals surface area contributed by atoms with Crippen LogP contribution in [-0.4, -0.2) is 40.1 Å². The number of thiophene rings is 1. The summed E-state index contributed by atoms with van der Waals surface area (Å²) < 4.78 is 38.5. The molecule has 0 aliphatic carbocycles. The van der Waals surface area contributed by atoms with Crippen LogP contribution >= 0.6 is 22.9 Å². The molecule has 8 nitrogen and oxygen atoms in total. The van der Waals surface area contributed by atoms with Crippen molar-refractivity contribution in [3.8, 4) is 5.75 Å². The smallest absolute Gasteiger partial charge is 0.348 e. The van der Waals surface area contributed by atoms with Gasteiger partial charge >= 0.3 is 5.97 Å². The van der Waals surface area contributed by atoms with Gasteiger partial charge in [-0.3, -0.25) is 4.79 Å². The van der Waals surface area contributed by atoms with Crippen LogP contribution in [0.15, 0.2) is 47.4 Å². The third-order valence-electron chi connectivity index (χ3n) is 4.41. The molecule has 0 spiro atoms. The molecule has 3 aromatic rings. The number of sulfonamides is 1. The first-order chi connectivity index (χ1) is 15.1. The second-order valence-corrected chi connectivity index (χ2v) is 9.92. The summed E-state index contributed by atoms with van der Waals surface area (Å²) in [6.45, 7) is 3.61. The molecule has 1 aromatic heterocycles. The number of carbonyl (C=O) groups excluding carboxylic acids is 2. The number of halogens is 1. The van der Waals surface area contributed by atoms with Crippen molar-refractivity contribution >= 4 is 60.6 Å². The fraction of sp³-hybridized carbons (Fsp3) is 0.238. The van der Waals surface area contributed by atoms with Gasteiger partial charge in [-0.2, -0.15) is 4.72 Å². The lowest BCUT2D eigenvalue weighted by atomic mass is 10.2. The topological polar surface area (TPSA) is 111 Å². The van der Waals surface area contributed by atoms with E-state index in [2.05, 4.69) is 10.0 Å². The van der Waals surface area contributed by atoms with Crippen LogP contribution in [0.4, 0.5) is 5.69 Å². The maximum absolute atomic E-state index is 12.7. The Morgan fingerprint density at radius 2 is 1.91 bits per heavy atom. The first kappa shape index (κ1) is 24.0. The molecule has 0 aliphatic rings. The predicted molar refractivity (Wildman–Crippen MR) is 124 cm³/mol. The van der Waals surface area contributed by atoms with Crippen molar-refractivity contribution in [1.29, 1.82) is 0 Å². The van der Waals surface area contributed by atoms with E-state index in [-0.39, 0.29) is 9.92 Å². The van der Waals surface area contributed by atoms with E-state index in [4.69, 9.17) is 21.1 Å². The van der Waals surface area contributed by atoms with Crippen molar-refractivity contribution in [2.45, 2.75) is 24.8 Å². The zero-order chi connectivity index (χ0) is 23.5. The van der Waals surface area contributed by atoms with Crippen LogP contribution in [0.2, 0.25) is 5.02 Å². The number of nitrogens with one attached hydrogen (secondary N) is 2. The maximum atomic E-state index is 12.7. The van der Waals surface area contributed by atoms with E-state index < -0.39 is 27.9 Å². The Hall–Kier alpha value is -2.66. The van der Waals surface area contributed by atoms with E-state index >= 15 is 0 Å². The van der Waals surface area contributed by atoms with Gasteiger partial charge in [0.15, 0.2) is 0 Å². The highest BCUT2D eigenvalue weighted by atomic mass is 35.5. The number of carbonyl (C=O) groups is 2. The summed E-state index contributed by atoms with van der Waals surface area (Å²) in [5, 5.41) is 3.58. The number of anilines is 1. The van der Waals surface area contributed by atoms with Gasteiger partial charge < -0.3 is 14.8 Å². The lowest BCUT2D eigenvalue weighted by Crippen LogP contribution is -2.41. The van der Waals surface area contributed by atoms with Gasteiger partial charge in [0.05, 0.1) is 29.7 Å². The van der Waals surface area contributed by atoms with Crippen LogP contribution in [-0.2, 0) is 19.6 Å². The molecule has 11 heteroatoms. The van der Waals surface area contributed by atoms with Crippen LogP contribution in [0.25, 0.3) is 10.1 Å². The van der Waals surface area contributed by atoms with Gasteiger partial charge in [-0.15, -0.1) is 11.3 Å². The number of amides is 1. The Bertz CT molecular complexity index is 1270. The largest absolute Gasteiger partial charge is 0.492 e. The first-order valence-corrected chi connectivity index (χ1v) is 12.2. The molecule has 2 aromatic carbocycles. The van der Waals surface area contributed by atoms with Crippen LogP contribution in [0.1, 0.15) is 23.5 Å². The number of esters is 1. The Labute approximate surface area is 194 Å². The minimum absolute atomic E-state index is 0.0827. The van der Waals surface area contributed by atoms with Gasteiger partial charge in [0.1, 0.15) is 10.6 Å². The maximum Gasteiger partial charge on any atom is 0.348 e. The zero-order valence-electron chi connectivity index (χ0n) is 17.5. The fourth-order valence-electron chi connectivity index (χ4n) is 2.85. The molecule has 3 rings (SSSR count). The summed E-state index contributed by atoms with van der Waals surface area (Å²) in [5.41, 5.74) is 0.465. The van der Waals surface area contributed by atoms with E-state index in [0.717, 1.165) is 10.1 Å². The predicted octanol–water partition coefficient (Wildman–Crippen LogP) is 4.05. The fourth-order valence-corrected chi connectivity index (χ4v) is 5.34. The molecule has 1 heterocycles. The Morgan fingerprint density at radius 3 is 2.56 bits per heavy atom. The molecular weight excluding hydrogens is 476 g/mol. The van der Waals surface area contributed by atoms with Gasteiger partial charge in [-0.05, 0) is 61.7 Å². The van der Waals surface area contributed by atoms with E-state index in [0.29, 0.717) is 22.9 Å². The number of benzene rings is 2. The van der Waals surface area contributed by atoms with E-state index in [1.54, 1.807) is 31.2 Å². The van der Waals surface area contributed by atoms with Crippen molar-refractivity contribution < 1.29 is 27.5 Å². The van der Waals surface area contributed by atoms with E-state index in [9.17, 15) is 18.0 Å². The minimum atomic E-state index is -4.00. The van der Waals surface area contributed by atoms with Crippen molar-refractivity contribution in [1.82, 2.24) is 4.72 Å². The van der Waals surface area contributed by atoms with Crippen molar-refractivity contribution in [3.05, 3.63) is 52.4 Å². The third kappa shape index (κ3) is 5.39. The molecule has 170 valence electrons. The van der Waals surface area contributed by atoms with Crippen LogP contribution in [0.3, 0.4) is 0 Å². The molecular formula is C21H21ClN2O6S2. The second kappa shape index (κ2) is 9.86. The number of methoxy groups -OCH3 is 1. The van der Waals surface area contributed by atoms with Gasteiger partial charge in [-0.25, -0.2) is 13.2 Å².